The van der Waals surface area contributed by atoms with Crippen molar-refractivity contribution in [1.29, 1.82) is 5.26 Å². The van der Waals surface area contributed by atoms with Crippen LogP contribution >= 0.6 is 11.6 Å². The number of aromatic nitrogens is 2. The zero-order chi connectivity index (χ0) is 14.4. The topological polar surface area (TPSA) is 58.8 Å². The number of pyridine rings is 2. The van der Waals surface area contributed by atoms with Crippen LogP contribution in [-0.4, -0.2) is 9.97 Å². The maximum absolute atomic E-state index is 8.87. The molecule has 100 valence electrons. The van der Waals surface area contributed by atoms with Crippen LogP contribution in [0.4, 0.5) is 0 Å². The standard InChI is InChI=1S/C15H12ClN3O/c1-2-4-13-11(7-8-12(9-17)18-13)10-20-15-6-3-5-14(16)19-15/h2-3,5-8H,1,4,10H2. The van der Waals surface area contributed by atoms with Crippen LogP contribution in [0.25, 0.3) is 0 Å². The van der Waals surface area contributed by atoms with E-state index in [9.17, 15) is 0 Å². The van der Waals surface area contributed by atoms with Crippen LogP contribution in [0.3, 0.4) is 0 Å². The minimum Gasteiger partial charge on any atom is -0.473 e. The van der Waals surface area contributed by atoms with Crippen LogP contribution in [0.1, 0.15) is 17.0 Å². The van der Waals surface area contributed by atoms with E-state index in [0.29, 0.717) is 29.8 Å². The molecular formula is C15H12ClN3O. The summed E-state index contributed by atoms with van der Waals surface area (Å²) < 4.78 is 5.58. The van der Waals surface area contributed by atoms with Gasteiger partial charge in [-0.25, -0.2) is 9.97 Å². The van der Waals surface area contributed by atoms with E-state index >= 15 is 0 Å². The van der Waals surface area contributed by atoms with Crippen molar-refractivity contribution in [2.45, 2.75) is 13.0 Å². The molecule has 2 rings (SSSR count). The van der Waals surface area contributed by atoms with Gasteiger partial charge in [-0.3, -0.25) is 0 Å². The Morgan fingerprint density at radius 1 is 1.30 bits per heavy atom. The summed E-state index contributed by atoms with van der Waals surface area (Å²) in [7, 11) is 0. The van der Waals surface area contributed by atoms with E-state index in [-0.39, 0.29) is 0 Å². The van der Waals surface area contributed by atoms with Crippen molar-refractivity contribution >= 4 is 11.6 Å². The molecule has 0 aliphatic carbocycles. The van der Waals surface area contributed by atoms with Crippen molar-refractivity contribution < 1.29 is 4.74 Å². The van der Waals surface area contributed by atoms with Crippen molar-refractivity contribution in [2.24, 2.45) is 0 Å². The third kappa shape index (κ3) is 3.56. The fraction of sp³-hybridized carbons (Fsp3) is 0.133. The Hall–Kier alpha value is -2.38. The van der Waals surface area contributed by atoms with Gasteiger partial charge in [-0.05, 0) is 12.1 Å². The van der Waals surface area contributed by atoms with Gasteiger partial charge in [0.1, 0.15) is 23.5 Å². The Labute approximate surface area is 122 Å². The smallest absolute Gasteiger partial charge is 0.214 e. The predicted octanol–water partition coefficient (Wildman–Crippen LogP) is 3.31. The highest BCUT2D eigenvalue weighted by Gasteiger charge is 2.06. The van der Waals surface area contributed by atoms with E-state index < -0.39 is 0 Å². The van der Waals surface area contributed by atoms with Gasteiger partial charge in [-0.1, -0.05) is 29.8 Å². The van der Waals surface area contributed by atoms with Crippen LogP contribution in [0.5, 0.6) is 5.88 Å². The van der Waals surface area contributed by atoms with Crippen molar-refractivity contribution in [2.75, 3.05) is 0 Å². The van der Waals surface area contributed by atoms with E-state index in [1.807, 2.05) is 12.1 Å². The number of nitriles is 1. The van der Waals surface area contributed by atoms with Crippen LogP contribution < -0.4 is 4.74 Å². The quantitative estimate of drug-likeness (QED) is 0.625. The first kappa shape index (κ1) is 14.0. The number of ether oxygens (including phenoxy) is 1. The summed E-state index contributed by atoms with van der Waals surface area (Å²) in [5.41, 5.74) is 2.05. The average Bonchev–Trinajstić information content (AvgIpc) is 2.46. The molecule has 0 aliphatic rings. The predicted molar refractivity (Wildman–Crippen MR) is 76.4 cm³/mol. The molecule has 0 bridgehead atoms. The summed E-state index contributed by atoms with van der Waals surface area (Å²) in [5.74, 6) is 0.450. The molecule has 0 radical (unpaired) electrons. The molecule has 0 unspecified atom stereocenters. The minimum atomic E-state index is 0.315. The van der Waals surface area contributed by atoms with Crippen LogP contribution in [-0.2, 0) is 13.0 Å². The first-order valence-corrected chi connectivity index (χ1v) is 6.36. The second kappa shape index (κ2) is 6.69. The number of hydrogen-bond acceptors (Lipinski definition) is 4. The van der Waals surface area contributed by atoms with Gasteiger partial charge in [-0.2, -0.15) is 5.26 Å². The van der Waals surface area contributed by atoms with Crippen molar-refractivity contribution in [1.82, 2.24) is 9.97 Å². The van der Waals surface area contributed by atoms with Crippen molar-refractivity contribution in [3.63, 3.8) is 0 Å². The Bertz CT molecular complexity index is 664. The Balaban J connectivity index is 2.16. The lowest BCUT2D eigenvalue weighted by Crippen LogP contribution is -2.04. The van der Waals surface area contributed by atoms with E-state index in [1.165, 1.54) is 0 Å². The highest BCUT2D eigenvalue weighted by molar-refractivity contribution is 6.29. The molecule has 0 amide bonds. The van der Waals surface area contributed by atoms with E-state index in [0.717, 1.165) is 11.3 Å². The Morgan fingerprint density at radius 2 is 2.15 bits per heavy atom. The lowest BCUT2D eigenvalue weighted by atomic mass is 10.1. The lowest BCUT2D eigenvalue weighted by molar-refractivity contribution is 0.292. The van der Waals surface area contributed by atoms with E-state index in [1.54, 1.807) is 30.3 Å². The molecule has 0 atom stereocenters. The van der Waals surface area contributed by atoms with E-state index in [4.69, 9.17) is 21.6 Å². The SMILES string of the molecule is C=CCc1nc(C#N)ccc1COc1cccc(Cl)n1. The van der Waals surface area contributed by atoms with Crippen molar-refractivity contribution in [3.05, 3.63) is 65.1 Å². The summed E-state index contributed by atoms with van der Waals surface area (Å²) in [6, 6.07) is 10.7. The fourth-order valence-electron chi connectivity index (χ4n) is 1.66. The number of nitrogens with zero attached hydrogens (tertiary/aromatic N) is 3. The van der Waals surface area contributed by atoms with Gasteiger partial charge in [0.25, 0.3) is 0 Å². The number of halogens is 1. The van der Waals surface area contributed by atoms with Crippen molar-refractivity contribution in [3.8, 4) is 11.9 Å². The number of rotatable bonds is 5. The molecule has 2 aromatic heterocycles. The highest BCUT2D eigenvalue weighted by Crippen LogP contribution is 2.15. The molecule has 2 aromatic rings. The summed E-state index contributed by atoms with van der Waals surface area (Å²) in [6.45, 7) is 4.00. The van der Waals surface area contributed by atoms with Gasteiger partial charge in [0.05, 0.1) is 5.69 Å². The Morgan fingerprint density at radius 3 is 2.85 bits per heavy atom. The maximum atomic E-state index is 8.87. The van der Waals surface area contributed by atoms with Gasteiger partial charge >= 0.3 is 0 Å². The van der Waals surface area contributed by atoms with Gasteiger partial charge < -0.3 is 4.74 Å². The highest BCUT2D eigenvalue weighted by atomic mass is 35.5. The zero-order valence-corrected chi connectivity index (χ0v) is 11.5. The second-order valence-corrected chi connectivity index (χ2v) is 4.38. The summed E-state index contributed by atoms with van der Waals surface area (Å²) >= 11 is 5.79. The molecule has 4 nitrogen and oxygen atoms in total. The van der Waals surface area contributed by atoms with Crippen LogP contribution in [0.15, 0.2) is 43.0 Å². The van der Waals surface area contributed by atoms with Gasteiger partial charge in [-0.15, -0.1) is 6.58 Å². The van der Waals surface area contributed by atoms with E-state index in [2.05, 4.69) is 16.5 Å². The average molecular weight is 286 g/mol. The monoisotopic (exact) mass is 285 g/mol. The normalized spacial score (nSPS) is 9.80. The number of allylic oxidation sites excluding steroid dienone is 1. The molecule has 0 aromatic carbocycles. The minimum absolute atomic E-state index is 0.315. The lowest BCUT2D eigenvalue weighted by Gasteiger charge is -2.09. The summed E-state index contributed by atoms with van der Waals surface area (Å²) in [5, 5.41) is 9.25. The largest absolute Gasteiger partial charge is 0.473 e. The van der Waals surface area contributed by atoms with Gasteiger partial charge in [0, 0.05) is 18.1 Å². The molecule has 5 heteroatoms. The first-order chi connectivity index (χ1) is 9.72. The third-order valence-electron chi connectivity index (χ3n) is 2.59. The van der Waals surface area contributed by atoms with Gasteiger partial charge in [0.15, 0.2) is 0 Å². The molecule has 0 saturated carbocycles. The third-order valence-corrected chi connectivity index (χ3v) is 2.80. The Kier molecular flexibility index (Phi) is 4.70. The number of hydrogen-bond donors (Lipinski definition) is 0. The molecule has 20 heavy (non-hydrogen) atoms. The molecule has 0 saturated heterocycles. The summed E-state index contributed by atoms with van der Waals surface area (Å²) in [4.78, 5) is 8.30. The maximum Gasteiger partial charge on any atom is 0.214 e. The zero-order valence-electron chi connectivity index (χ0n) is 10.7. The first-order valence-electron chi connectivity index (χ1n) is 5.98. The van der Waals surface area contributed by atoms with Crippen LogP contribution in [0.2, 0.25) is 5.15 Å². The molecule has 0 N–H and O–H groups in total. The summed E-state index contributed by atoms with van der Waals surface area (Å²) in [6.07, 6.45) is 2.32. The molecule has 0 aliphatic heterocycles. The van der Waals surface area contributed by atoms with Crippen LogP contribution in [0, 0.1) is 11.3 Å². The molecule has 0 fully saturated rings. The fourth-order valence-corrected chi connectivity index (χ4v) is 1.82. The molecule has 2 heterocycles. The molecular weight excluding hydrogens is 274 g/mol. The molecule has 0 spiro atoms. The van der Waals surface area contributed by atoms with Gasteiger partial charge in [0.2, 0.25) is 5.88 Å². The second-order valence-electron chi connectivity index (χ2n) is 3.99.